The van der Waals surface area contributed by atoms with Crippen molar-refractivity contribution in [1.82, 2.24) is 0 Å². The average Bonchev–Trinajstić information content (AvgIpc) is 1.88. The largest absolute Gasteiger partial charge is 0.0776 e. The summed E-state index contributed by atoms with van der Waals surface area (Å²) < 4.78 is 0. The standard InChI is InChI=1S/2C4H10.C3H8.CH4/c1-4(2)3;1-3-4-2;1-3-2;/h4H,1-3H3;3-4H2,1-2H3;3H2,1-2H3;1H4. The highest BCUT2D eigenvalue weighted by Gasteiger charge is 1.68. The Hall–Kier alpha value is 0. The van der Waals surface area contributed by atoms with Gasteiger partial charge in [0.15, 0.2) is 0 Å². The first-order chi connectivity index (χ1) is 5.06. The lowest BCUT2D eigenvalue weighted by atomic mass is 10.3. The zero-order valence-electron chi connectivity index (χ0n) is 9.70. The maximum absolute atomic E-state index is 2.18. The third-order valence-electron chi connectivity index (χ3n) is 0.500. The van der Waals surface area contributed by atoms with Crippen molar-refractivity contribution in [3.63, 3.8) is 0 Å². The second kappa shape index (κ2) is 30.6. The van der Waals surface area contributed by atoms with E-state index in [2.05, 4.69) is 48.5 Å². The topological polar surface area (TPSA) is 0 Å². The molecule has 0 radical (unpaired) electrons. The van der Waals surface area contributed by atoms with E-state index in [0.717, 1.165) is 5.92 Å². The van der Waals surface area contributed by atoms with Gasteiger partial charge in [0.05, 0.1) is 0 Å². The lowest BCUT2D eigenvalue weighted by Crippen LogP contribution is -1.66. The molecule has 0 saturated heterocycles. The summed E-state index contributed by atoms with van der Waals surface area (Å²) in [7, 11) is 0. The molecule has 80 valence electrons. The van der Waals surface area contributed by atoms with Crippen LogP contribution in [0.4, 0.5) is 0 Å². The van der Waals surface area contributed by atoms with Gasteiger partial charge in [0.1, 0.15) is 0 Å². The van der Waals surface area contributed by atoms with Crippen molar-refractivity contribution in [3.8, 4) is 0 Å². The number of hydrogen-bond acceptors (Lipinski definition) is 0. The molecule has 0 bridgehead atoms. The highest BCUT2D eigenvalue weighted by atomic mass is 13.7. The van der Waals surface area contributed by atoms with E-state index in [1.165, 1.54) is 19.3 Å². The smallest absolute Gasteiger partial charge is 0.0500 e. The fourth-order valence-corrected chi connectivity index (χ4v) is 0. The Kier molecular flexibility index (Phi) is 57.8. The van der Waals surface area contributed by atoms with Crippen LogP contribution in [0.2, 0.25) is 0 Å². The molecule has 0 amide bonds. The molecule has 0 rings (SSSR count). The predicted octanol–water partition coefficient (Wildman–Crippen LogP) is 5.52. The monoisotopic (exact) mass is 176 g/mol. The molecule has 12 heavy (non-hydrogen) atoms. The number of hydrogen-bond donors (Lipinski definition) is 0. The summed E-state index contributed by atoms with van der Waals surface area (Å²) in [6.45, 7) is 15.1. The third-order valence-corrected chi connectivity index (χ3v) is 0.500. The molecule has 0 aromatic rings. The molecule has 0 nitrogen and oxygen atoms in total. The molecule has 0 aliphatic heterocycles. The molecule has 0 heteroatoms. The van der Waals surface area contributed by atoms with Gasteiger partial charge in [-0.1, -0.05) is 75.2 Å². The molecular weight excluding hydrogens is 144 g/mol. The highest BCUT2D eigenvalue weighted by molar-refractivity contribution is 4.20. The van der Waals surface area contributed by atoms with Crippen molar-refractivity contribution < 1.29 is 0 Å². The van der Waals surface area contributed by atoms with E-state index < -0.39 is 0 Å². The number of rotatable bonds is 1. The van der Waals surface area contributed by atoms with Gasteiger partial charge >= 0.3 is 0 Å². The van der Waals surface area contributed by atoms with E-state index >= 15 is 0 Å². The zero-order chi connectivity index (χ0) is 9.70. The number of unbranched alkanes of at least 4 members (excludes halogenated alkanes) is 1. The van der Waals surface area contributed by atoms with Crippen LogP contribution < -0.4 is 0 Å². The summed E-state index contributed by atoms with van der Waals surface area (Å²) in [5.41, 5.74) is 0. The van der Waals surface area contributed by atoms with Crippen LogP contribution in [-0.2, 0) is 0 Å². The Bertz CT molecular complexity index is 24.3. The Morgan fingerprint density at radius 2 is 0.833 bits per heavy atom. The Morgan fingerprint density at radius 3 is 0.833 bits per heavy atom. The molecule has 0 aliphatic carbocycles. The van der Waals surface area contributed by atoms with Gasteiger partial charge in [0, 0.05) is 0 Å². The first-order valence-corrected chi connectivity index (χ1v) is 5.06. The van der Waals surface area contributed by atoms with Crippen LogP contribution in [-0.4, -0.2) is 0 Å². The molecule has 0 heterocycles. The van der Waals surface area contributed by atoms with Gasteiger partial charge in [-0.15, -0.1) is 0 Å². The van der Waals surface area contributed by atoms with Crippen LogP contribution in [0.5, 0.6) is 0 Å². The predicted molar refractivity (Wildman–Crippen MR) is 63.8 cm³/mol. The van der Waals surface area contributed by atoms with Crippen LogP contribution >= 0.6 is 0 Å². The Labute approximate surface area is 81.8 Å². The maximum atomic E-state index is 2.18. The van der Waals surface area contributed by atoms with Crippen LogP contribution in [0.3, 0.4) is 0 Å². The Morgan fingerprint density at radius 1 is 0.750 bits per heavy atom. The van der Waals surface area contributed by atoms with Crippen LogP contribution in [0.15, 0.2) is 0 Å². The summed E-state index contributed by atoms with van der Waals surface area (Å²) in [4.78, 5) is 0. The molecule has 0 unspecified atom stereocenters. The van der Waals surface area contributed by atoms with Crippen molar-refractivity contribution >= 4 is 0 Å². The minimum Gasteiger partial charge on any atom is -0.0776 e. The van der Waals surface area contributed by atoms with E-state index in [1.807, 2.05) is 0 Å². The second-order valence-electron chi connectivity index (χ2n) is 3.44. The fourth-order valence-electron chi connectivity index (χ4n) is 0. The van der Waals surface area contributed by atoms with Gasteiger partial charge in [-0.25, -0.2) is 0 Å². The van der Waals surface area contributed by atoms with E-state index in [-0.39, 0.29) is 7.43 Å². The lowest BCUT2D eigenvalue weighted by Gasteiger charge is -1.79. The summed E-state index contributed by atoms with van der Waals surface area (Å²) in [5.74, 6) is 0.833. The summed E-state index contributed by atoms with van der Waals surface area (Å²) >= 11 is 0. The minimum absolute atomic E-state index is 0. The third kappa shape index (κ3) is 810. The van der Waals surface area contributed by atoms with E-state index in [9.17, 15) is 0 Å². The van der Waals surface area contributed by atoms with Crippen molar-refractivity contribution in [3.05, 3.63) is 0 Å². The SMILES string of the molecule is C.CC(C)C.CCC.CCCC. The molecule has 0 fully saturated rings. The first-order valence-electron chi connectivity index (χ1n) is 5.06. The molecule has 0 saturated carbocycles. The normalized spacial score (nSPS) is 7.00. The molecule has 0 atom stereocenters. The van der Waals surface area contributed by atoms with Crippen molar-refractivity contribution in [2.75, 3.05) is 0 Å². The first kappa shape index (κ1) is 22.7. The lowest BCUT2D eigenvalue weighted by molar-refractivity contribution is 0.737. The van der Waals surface area contributed by atoms with Gasteiger partial charge in [-0.3, -0.25) is 0 Å². The Balaban J connectivity index is -0.0000000389. The van der Waals surface area contributed by atoms with Crippen molar-refractivity contribution in [2.45, 2.75) is 75.2 Å². The second-order valence-corrected chi connectivity index (χ2v) is 3.44. The summed E-state index contributed by atoms with van der Waals surface area (Å²) in [6.07, 6.45) is 3.89. The molecule has 0 aliphatic rings. The van der Waals surface area contributed by atoms with Crippen LogP contribution in [0.1, 0.15) is 75.2 Å². The van der Waals surface area contributed by atoms with Crippen LogP contribution in [0, 0.1) is 5.92 Å². The summed E-state index contributed by atoms with van der Waals surface area (Å²) in [6, 6.07) is 0. The van der Waals surface area contributed by atoms with Crippen molar-refractivity contribution in [1.29, 1.82) is 0 Å². The van der Waals surface area contributed by atoms with E-state index in [0.29, 0.717) is 0 Å². The quantitative estimate of drug-likeness (QED) is 0.493. The highest BCUT2D eigenvalue weighted by Crippen LogP contribution is 1.81. The summed E-state index contributed by atoms with van der Waals surface area (Å²) in [5, 5.41) is 0. The zero-order valence-corrected chi connectivity index (χ0v) is 9.70. The minimum atomic E-state index is 0. The van der Waals surface area contributed by atoms with E-state index in [4.69, 9.17) is 0 Å². The van der Waals surface area contributed by atoms with Gasteiger partial charge in [-0.05, 0) is 5.92 Å². The molecule has 0 N–H and O–H groups in total. The van der Waals surface area contributed by atoms with E-state index in [1.54, 1.807) is 0 Å². The van der Waals surface area contributed by atoms with Crippen molar-refractivity contribution in [2.24, 2.45) is 5.92 Å². The van der Waals surface area contributed by atoms with Gasteiger partial charge in [0.25, 0.3) is 0 Å². The fraction of sp³-hybridized carbons (Fsp3) is 1.00. The van der Waals surface area contributed by atoms with Gasteiger partial charge < -0.3 is 0 Å². The molecule has 0 spiro atoms. The van der Waals surface area contributed by atoms with Gasteiger partial charge in [0.2, 0.25) is 0 Å². The molecule has 0 aromatic heterocycles. The molecular formula is C12H32. The molecule has 0 aromatic carbocycles. The van der Waals surface area contributed by atoms with Gasteiger partial charge in [-0.2, -0.15) is 0 Å². The maximum Gasteiger partial charge on any atom is -0.0500 e. The van der Waals surface area contributed by atoms with Crippen LogP contribution in [0.25, 0.3) is 0 Å². The average molecular weight is 176 g/mol.